The van der Waals surface area contributed by atoms with Gasteiger partial charge in [-0.1, -0.05) is 219 Å². The highest BCUT2D eigenvalue weighted by molar-refractivity contribution is 7.03. The molecule has 0 radical (unpaired) electrons. The summed E-state index contributed by atoms with van der Waals surface area (Å²) in [6.45, 7) is 5.02. The van der Waals surface area contributed by atoms with Crippen LogP contribution in [0.3, 0.4) is 0 Å². The molecule has 15 rings (SSSR count). The van der Waals surface area contributed by atoms with Gasteiger partial charge in [0.25, 0.3) is 0 Å². The van der Waals surface area contributed by atoms with Gasteiger partial charge in [-0.3, -0.25) is 0 Å². The van der Waals surface area contributed by atoms with E-state index in [9.17, 15) is 0 Å². The molecule has 13 aromatic carbocycles. The third kappa shape index (κ3) is 7.45. The number of hydrogen-bond acceptors (Lipinski definition) is 3. The molecule has 14 aromatic rings. The van der Waals surface area contributed by atoms with Gasteiger partial charge in [-0.05, 0) is 137 Å². The van der Waals surface area contributed by atoms with Crippen LogP contribution < -0.4 is 20.2 Å². The monoisotopic (exact) mass is 1030 g/mol. The number of fused-ring (bicyclic) bond motifs is 9. The van der Waals surface area contributed by atoms with E-state index in [1.165, 1.54) is 32.3 Å². The van der Waals surface area contributed by atoms with Crippen LogP contribution in [0.2, 0.25) is 13.1 Å². The van der Waals surface area contributed by atoms with E-state index in [4.69, 9.17) is 4.42 Å². The number of para-hydroxylation sites is 4. The number of halogens is 1. The molecule has 1 aromatic heterocycles. The van der Waals surface area contributed by atoms with E-state index in [-0.39, 0.29) is 5.82 Å². The van der Waals surface area contributed by atoms with Crippen molar-refractivity contribution in [2.24, 2.45) is 0 Å². The second kappa shape index (κ2) is 18.4. The van der Waals surface area contributed by atoms with Crippen LogP contribution in [-0.4, -0.2) is 8.07 Å². The summed E-state index contributed by atoms with van der Waals surface area (Å²) in [6.07, 6.45) is 0. The molecule has 79 heavy (non-hydrogen) atoms. The number of benzene rings is 13. The summed E-state index contributed by atoms with van der Waals surface area (Å²) >= 11 is 0. The summed E-state index contributed by atoms with van der Waals surface area (Å²) in [4.78, 5) is 4.58. The van der Waals surface area contributed by atoms with Gasteiger partial charge in [0.1, 0.15) is 19.5 Å². The molecule has 0 saturated carbocycles. The number of anilines is 6. The molecule has 2 heterocycles. The molecule has 1 aliphatic heterocycles. The first-order valence-corrected chi connectivity index (χ1v) is 30.1. The number of furan rings is 1. The summed E-state index contributed by atoms with van der Waals surface area (Å²) in [5.41, 5.74) is 15.4. The topological polar surface area (TPSA) is 19.6 Å². The first-order chi connectivity index (χ1) is 38.9. The Kier molecular flexibility index (Phi) is 10.9. The first-order valence-electron chi connectivity index (χ1n) is 27.1. The molecule has 3 nitrogen and oxygen atoms in total. The van der Waals surface area contributed by atoms with E-state index in [0.29, 0.717) is 5.69 Å². The Morgan fingerprint density at radius 2 is 0.911 bits per heavy atom. The minimum absolute atomic E-state index is 0.301. The zero-order valence-electron chi connectivity index (χ0n) is 43.7. The third-order valence-corrected chi connectivity index (χ3v) is 20.0. The van der Waals surface area contributed by atoms with Gasteiger partial charge >= 0.3 is 0 Å². The quantitative estimate of drug-likeness (QED) is 0.106. The minimum atomic E-state index is -2.48. The molecule has 0 fully saturated rings. The molecule has 0 bridgehead atoms. The van der Waals surface area contributed by atoms with Crippen LogP contribution in [0.25, 0.3) is 98.8 Å². The van der Waals surface area contributed by atoms with Crippen LogP contribution in [0.1, 0.15) is 0 Å². The molecule has 0 aliphatic carbocycles. The molecule has 5 heteroatoms. The van der Waals surface area contributed by atoms with Gasteiger partial charge in [-0.25, -0.2) is 4.39 Å². The van der Waals surface area contributed by atoms with E-state index in [0.717, 1.165) is 105 Å². The molecule has 0 amide bonds. The Morgan fingerprint density at radius 1 is 0.329 bits per heavy atom. The smallest absolute Gasteiger partial charge is 0.159 e. The van der Waals surface area contributed by atoms with Gasteiger partial charge in [0, 0.05) is 38.7 Å². The van der Waals surface area contributed by atoms with Crippen LogP contribution in [0.15, 0.2) is 277 Å². The molecule has 0 spiro atoms. The number of rotatable bonds is 9. The van der Waals surface area contributed by atoms with Crippen molar-refractivity contribution in [3.63, 3.8) is 0 Å². The molecule has 0 unspecified atom stereocenters. The fraction of sp³-hybridized carbons (Fsp3) is 0.0270. The van der Waals surface area contributed by atoms with Crippen LogP contribution in [0.4, 0.5) is 38.5 Å². The average molecular weight is 1030 g/mol. The Bertz CT molecular complexity index is 4710. The largest absolute Gasteiger partial charge is 0.454 e. The van der Waals surface area contributed by atoms with E-state index in [1.807, 2.05) is 72.8 Å². The molecule has 0 N–H and O–H groups in total. The zero-order valence-corrected chi connectivity index (χ0v) is 44.7. The molecular weight excluding hydrogens is 980 g/mol. The Hall–Kier alpha value is -9.81. The summed E-state index contributed by atoms with van der Waals surface area (Å²) in [7, 11) is -2.48. The second-order valence-corrected chi connectivity index (χ2v) is 25.6. The van der Waals surface area contributed by atoms with Gasteiger partial charge in [0.05, 0.1) is 22.7 Å². The predicted octanol–water partition coefficient (Wildman–Crippen LogP) is 19.9. The minimum Gasteiger partial charge on any atom is -0.454 e. The second-order valence-electron chi connectivity index (χ2n) is 21.3. The fourth-order valence-electron chi connectivity index (χ4n) is 12.8. The first kappa shape index (κ1) is 46.5. The highest BCUT2D eigenvalue weighted by Gasteiger charge is 2.37. The van der Waals surface area contributed by atoms with Crippen molar-refractivity contribution in [1.29, 1.82) is 0 Å². The lowest BCUT2D eigenvalue weighted by atomic mass is 9.89. The van der Waals surface area contributed by atoms with Gasteiger partial charge in [-0.2, -0.15) is 0 Å². The highest BCUT2D eigenvalue weighted by atomic mass is 28.3. The normalized spacial score (nSPS) is 12.6. The fourth-order valence-corrected chi connectivity index (χ4v) is 15.9. The molecule has 0 atom stereocenters. The lowest BCUT2D eigenvalue weighted by Gasteiger charge is -2.36. The lowest BCUT2D eigenvalue weighted by molar-refractivity contribution is 0.630. The molecule has 374 valence electrons. The van der Waals surface area contributed by atoms with Gasteiger partial charge < -0.3 is 14.2 Å². The SMILES string of the molecule is C[Si]1(C)c2cc(N(c3ccccc3-c3ccccc3)c3cccc4c3oc3ccccc34)ccc2-c2cc3c4ccccc4c(N(c4ccccc4)c4c(F)cc(-c5ccccc5)cc4-c4ccccc4)cc3c3cccc1c23. The van der Waals surface area contributed by atoms with Crippen molar-refractivity contribution >= 4 is 107 Å². The maximum Gasteiger partial charge on any atom is 0.159 e. The number of hydrogen-bond donors (Lipinski definition) is 0. The van der Waals surface area contributed by atoms with E-state index < -0.39 is 8.07 Å². The molecule has 0 saturated heterocycles. The Morgan fingerprint density at radius 3 is 1.67 bits per heavy atom. The van der Waals surface area contributed by atoms with E-state index in [2.05, 4.69) is 217 Å². The summed E-state index contributed by atoms with van der Waals surface area (Å²) in [5.74, 6) is -0.301. The highest BCUT2D eigenvalue weighted by Crippen LogP contribution is 2.51. The maximum absolute atomic E-state index is 17.9. The summed E-state index contributed by atoms with van der Waals surface area (Å²) in [6, 6.07) is 96.4. The van der Waals surface area contributed by atoms with Crippen LogP contribution >= 0.6 is 0 Å². The zero-order chi connectivity index (χ0) is 52.8. The van der Waals surface area contributed by atoms with Crippen molar-refractivity contribution in [2.45, 2.75) is 13.1 Å². The van der Waals surface area contributed by atoms with Crippen LogP contribution in [-0.2, 0) is 0 Å². The maximum atomic E-state index is 17.9. The van der Waals surface area contributed by atoms with Crippen LogP contribution in [0.5, 0.6) is 0 Å². The summed E-state index contributed by atoms with van der Waals surface area (Å²) in [5, 5.41) is 11.9. The van der Waals surface area contributed by atoms with Crippen molar-refractivity contribution in [3.8, 4) is 44.5 Å². The Balaban J connectivity index is 0.967. The van der Waals surface area contributed by atoms with Crippen LogP contribution in [0, 0.1) is 5.82 Å². The predicted molar refractivity (Wildman–Crippen MR) is 334 cm³/mol. The summed E-state index contributed by atoms with van der Waals surface area (Å²) < 4.78 is 24.7. The van der Waals surface area contributed by atoms with Crippen molar-refractivity contribution < 1.29 is 8.81 Å². The van der Waals surface area contributed by atoms with Gasteiger partial charge in [0.2, 0.25) is 0 Å². The van der Waals surface area contributed by atoms with E-state index in [1.54, 1.807) is 6.07 Å². The molecular formula is C74H51FN2OSi. The average Bonchev–Trinajstić information content (AvgIpc) is 4.07. The van der Waals surface area contributed by atoms with Gasteiger partial charge in [0.15, 0.2) is 5.58 Å². The van der Waals surface area contributed by atoms with Gasteiger partial charge in [-0.15, -0.1) is 0 Å². The lowest BCUT2D eigenvalue weighted by Crippen LogP contribution is -2.56. The van der Waals surface area contributed by atoms with Crippen molar-refractivity contribution in [2.75, 3.05) is 9.80 Å². The number of nitrogens with zero attached hydrogens (tertiary/aromatic N) is 2. The molecule has 1 aliphatic rings. The van der Waals surface area contributed by atoms with Crippen molar-refractivity contribution in [1.82, 2.24) is 0 Å². The van der Waals surface area contributed by atoms with E-state index >= 15 is 4.39 Å². The van der Waals surface area contributed by atoms with Crippen molar-refractivity contribution in [3.05, 3.63) is 279 Å². The third-order valence-electron chi connectivity index (χ3n) is 16.5. The standard InChI is InChI=1S/C74H51FN2OSi/c1-79(2)70-40-22-35-59-63-47-68(77(52-29-13-6-14-30-52)73-61(50-27-11-5-12-28-50)43-51(44-65(73)75)48-23-7-3-8-24-48)56-33-16-15-32-55(56)62(63)46-64(72(59)70)58-42-41-53(45-71(58)79)76(66-37-19-17-31-54(66)49-25-9-4-10-26-49)67-38-21-36-60-57-34-18-20-39-69(57)78-74(60)67/h3-47H,1-2H3. The Labute approximate surface area is 459 Å².